The van der Waals surface area contributed by atoms with Gasteiger partial charge in [-0.05, 0) is 37.5 Å². The van der Waals surface area contributed by atoms with Crippen LogP contribution in [-0.4, -0.2) is 17.3 Å². The first-order valence-corrected chi connectivity index (χ1v) is 6.99. The molecule has 1 saturated carbocycles. The van der Waals surface area contributed by atoms with Crippen LogP contribution in [0.3, 0.4) is 0 Å². The van der Waals surface area contributed by atoms with Gasteiger partial charge in [0.2, 0.25) is 0 Å². The highest BCUT2D eigenvalue weighted by Crippen LogP contribution is 2.38. The zero-order valence-corrected chi connectivity index (χ0v) is 11.0. The van der Waals surface area contributed by atoms with Crippen LogP contribution in [0.5, 0.6) is 0 Å². The normalized spacial score (nSPS) is 36.0. The summed E-state index contributed by atoms with van der Waals surface area (Å²) in [4.78, 5) is 0. The van der Waals surface area contributed by atoms with E-state index in [1.54, 1.807) is 0 Å². The molecule has 2 heteroatoms. The van der Waals surface area contributed by atoms with E-state index in [0.29, 0.717) is 5.41 Å². The molecule has 1 aliphatic carbocycles. The third kappa shape index (κ3) is 4.84. The zero-order valence-electron chi connectivity index (χ0n) is 11.0. The smallest absolute Gasteiger partial charge is 0.0555 e. The molecule has 1 fully saturated rings. The maximum Gasteiger partial charge on any atom is 0.0555 e. The fourth-order valence-electron chi connectivity index (χ4n) is 3.01. The van der Waals surface area contributed by atoms with Crippen molar-refractivity contribution in [2.75, 3.05) is 0 Å². The van der Waals surface area contributed by atoms with Gasteiger partial charge in [0.05, 0.1) is 6.10 Å². The highest BCUT2D eigenvalue weighted by Gasteiger charge is 2.31. The van der Waals surface area contributed by atoms with Crippen molar-refractivity contribution in [1.29, 1.82) is 0 Å². The lowest BCUT2D eigenvalue weighted by Crippen LogP contribution is -2.28. The number of hydrogen-bond donors (Lipinski definition) is 2. The van der Waals surface area contributed by atoms with E-state index in [1.807, 2.05) is 0 Å². The van der Waals surface area contributed by atoms with E-state index in [4.69, 9.17) is 5.73 Å². The summed E-state index contributed by atoms with van der Waals surface area (Å²) in [5.41, 5.74) is 6.45. The molecule has 0 amide bonds. The highest BCUT2D eigenvalue weighted by molar-refractivity contribution is 4.85. The number of aliphatic hydroxyl groups is 1. The molecule has 0 aromatic rings. The standard InChI is InChI=1S/C14H29NO/c1-3-4-5-6-8-14(2)9-7-13(16)10-12(15)11-14/h12-13,16H,3-11,15H2,1-2H3. The molecule has 0 heterocycles. The SMILES string of the molecule is CCCCCCC1(C)CCC(O)CC(N)C1. The zero-order chi connectivity index (χ0) is 12.0. The lowest BCUT2D eigenvalue weighted by Gasteiger charge is -2.30. The summed E-state index contributed by atoms with van der Waals surface area (Å²) in [6, 6.07) is 0.202. The van der Waals surface area contributed by atoms with Crippen molar-refractivity contribution in [2.24, 2.45) is 11.1 Å². The molecule has 0 saturated heterocycles. The monoisotopic (exact) mass is 227 g/mol. The minimum atomic E-state index is -0.160. The molecule has 0 aliphatic heterocycles. The Labute approximate surface area is 101 Å². The first-order valence-electron chi connectivity index (χ1n) is 6.99. The van der Waals surface area contributed by atoms with Gasteiger partial charge in [0.25, 0.3) is 0 Å². The van der Waals surface area contributed by atoms with Crippen LogP contribution in [0.25, 0.3) is 0 Å². The van der Waals surface area contributed by atoms with Crippen molar-refractivity contribution < 1.29 is 5.11 Å². The van der Waals surface area contributed by atoms with E-state index in [-0.39, 0.29) is 12.1 Å². The van der Waals surface area contributed by atoms with Crippen LogP contribution in [0, 0.1) is 5.41 Å². The summed E-state index contributed by atoms with van der Waals surface area (Å²) in [6.45, 7) is 4.61. The summed E-state index contributed by atoms with van der Waals surface area (Å²) in [5, 5.41) is 9.72. The lowest BCUT2D eigenvalue weighted by atomic mass is 9.77. The Morgan fingerprint density at radius 1 is 1.31 bits per heavy atom. The molecule has 0 aromatic carbocycles. The largest absolute Gasteiger partial charge is 0.393 e. The van der Waals surface area contributed by atoms with Crippen LogP contribution in [0.4, 0.5) is 0 Å². The summed E-state index contributed by atoms with van der Waals surface area (Å²) in [5.74, 6) is 0. The summed E-state index contributed by atoms with van der Waals surface area (Å²) in [6.07, 6.45) is 10.4. The van der Waals surface area contributed by atoms with Crippen molar-refractivity contribution in [3.8, 4) is 0 Å². The number of rotatable bonds is 5. The number of aliphatic hydroxyl groups excluding tert-OH is 1. The van der Waals surface area contributed by atoms with Gasteiger partial charge in [-0.1, -0.05) is 39.5 Å². The molecule has 0 aromatic heterocycles. The lowest BCUT2D eigenvalue weighted by molar-refractivity contribution is 0.147. The minimum Gasteiger partial charge on any atom is -0.393 e. The molecular formula is C14H29NO. The Morgan fingerprint density at radius 3 is 2.75 bits per heavy atom. The van der Waals surface area contributed by atoms with Gasteiger partial charge in [0.1, 0.15) is 0 Å². The maximum absolute atomic E-state index is 9.72. The molecule has 2 nitrogen and oxygen atoms in total. The van der Waals surface area contributed by atoms with Crippen LogP contribution in [-0.2, 0) is 0 Å². The van der Waals surface area contributed by atoms with Gasteiger partial charge in [-0.15, -0.1) is 0 Å². The van der Waals surface area contributed by atoms with Gasteiger partial charge in [-0.2, -0.15) is 0 Å². The fraction of sp³-hybridized carbons (Fsp3) is 1.00. The van der Waals surface area contributed by atoms with Crippen LogP contribution in [0.1, 0.15) is 71.6 Å². The van der Waals surface area contributed by atoms with Crippen LogP contribution in [0.2, 0.25) is 0 Å². The van der Waals surface area contributed by atoms with E-state index in [1.165, 1.54) is 32.1 Å². The van der Waals surface area contributed by atoms with Gasteiger partial charge >= 0.3 is 0 Å². The molecule has 0 radical (unpaired) electrons. The molecule has 0 bridgehead atoms. The molecule has 96 valence electrons. The van der Waals surface area contributed by atoms with Crippen LogP contribution in [0.15, 0.2) is 0 Å². The van der Waals surface area contributed by atoms with E-state index >= 15 is 0 Å². The van der Waals surface area contributed by atoms with E-state index < -0.39 is 0 Å². The van der Waals surface area contributed by atoms with E-state index in [0.717, 1.165) is 25.7 Å². The highest BCUT2D eigenvalue weighted by atomic mass is 16.3. The third-order valence-corrected chi connectivity index (χ3v) is 4.04. The molecule has 16 heavy (non-hydrogen) atoms. The number of unbranched alkanes of at least 4 members (excludes halogenated alkanes) is 3. The molecule has 3 N–H and O–H groups in total. The van der Waals surface area contributed by atoms with Crippen LogP contribution >= 0.6 is 0 Å². The average molecular weight is 227 g/mol. The average Bonchev–Trinajstić information content (AvgIpc) is 2.33. The Bertz CT molecular complexity index is 195. The first-order chi connectivity index (χ1) is 7.56. The number of hydrogen-bond acceptors (Lipinski definition) is 2. The molecule has 0 spiro atoms. The number of nitrogens with two attached hydrogens (primary N) is 1. The topological polar surface area (TPSA) is 46.2 Å². The maximum atomic E-state index is 9.72. The quantitative estimate of drug-likeness (QED) is 0.559. The second-order valence-electron chi connectivity index (χ2n) is 6.01. The van der Waals surface area contributed by atoms with Gasteiger partial charge in [-0.3, -0.25) is 0 Å². The Balaban J connectivity index is 2.35. The van der Waals surface area contributed by atoms with Gasteiger partial charge in [0.15, 0.2) is 0 Å². The fourth-order valence-corrected chi connectivity index (χ4v) is 3.01. The van der Waals surface area contributed by atoms with Crippen LogP contribution < -0.4 is 5.73 Å². The predicted octanol–water partition coefficient (Wildman–Crippen LogP) is 3.23. The van der Waals surface area contributed by atoms with Crippen molar-refractivity contribution in [2.45, 2.75) is 83.8 Å². The molecule has 1 aliphatic rings. The van der Waals surface area contributed by atoms with E-state index in [2.05, 4.69) is 13.8 Å². The van der Waals surface area contributed by atoms with Crippen molar-refractivity contribution >= 4 is 0 Å². The predicted molar refractivity (Wildman–Crippen MR) is 69.3 cm³/mol. The first kappa shape index (κ1) is 14.0. The van der Waals surface area contributed by atoms with Crippen molar-refractivity contribution in [3.05, 3.63) is 0 Å². The molecule has 3 unspecified atom stereocenters. The van der Waals surface area contributed by atoms with Gasteiger partial charge < -0.3 is 10.8 Å². The Hall–Kier alpha value is -0.0800. The minimum absolute atomic E-state index is 0.160. The van der Waals surface area contributed by atoms with Crippen molar-refractivity contribution in [1.82, 2.24) is 0 Å². The molecule has 3 atom stereocenters. The molecular weight excluding hydrogens is 198 g/mol. The summed E-state index contributed by atoms with van der Waals surface area (Å²) < 4.78 is 0. The van der Waals surface area contributed by atoms with Gasteiger partial charge in [0, 0.05) is 6.04 Å². The van der Waals surface area contributed by atoms with E-state index in [9.17, 15) is 5.11 Å². The van der Waals surface area contributed by atoms with Crippen molar-refractivity contribution in [3.63, 3.8) is 0 Å². The third-order valence-electron chi connectivity index (χ3n) is 4.04. The second-order valence-corrected chi connectivity index (χ2v) is 6.01. The summed E-state index contributed by atoms with van der Waals surface area (Å²) >= 11 is 0. The molecule has 1 rings (SSSR count). The Morgan fingerprint density at radius 2 is 2.06 bits per heavy atom. The summed E-state index contributed by atoms with van der Waals surface area (Å²) in [7, 11) is 0. The second kappa shape index (κ2) is 6.61. The Kier molecular flexibility index (Phi) is 5.77. The van der Waals surface area contributed by atoms with Gasteiger partial charge in [-0.25, -0.2) is 0 Å².